The Morgan fingerprint density at radius 1 is 1.47 bits per heavy atom. The molecule has 1 aromatic rings. The van der Waals surface area contributed by atoms with E-state index >= 15 is 0 Å². The molecular formula is C11H16N4OS. The molecule has 0 saturated heterocycles. The predicted molar refractivity (Wildman–Crippen MR) is 67.1 cm³/mol. The molecule has 1 unspecified atom stereocenters. The monoisotopic (exact) mass is 252 g/mol. The molecule has 92 valence electrons. The second-order valence-corrected chi connectivity index (χ2v) is 5.78. The molecule has 0 radical (unpaired) electrons. The highest BCUT2D eigenvalue weighted by Gasteiger charge is 2.35. The maximum atomic E-state index is 5.05. The van der Waals surface area contributed by atoms with E-state index in [0.717, 1.165) is 35.8 Å². The third-order valence-corrected chi connectivity index (χ3v) is 4.34. The average Bonchev–Trinajstić information content (AvgIpc) is 2.93. The first kappa shape index (κ1) is 11.1. The number of aryl methyl sites for hydroxylation is 1. The second-order valence-electron chi connectivity index (χ2n) is 4.55. The summed E-state index contributed by atoms with van der Waals surface area (Å²) in [5, 5.41) is 8.91. The molecule has 1 aromatic heterocycles. The first-order valence-electron chi connectivity index (χ1n) is 6.05. The SMILES string of the molecule is Cc1noc(CCNC2=NCC(C3CC3)S2)n1. The predicted octanol–water partition coefficient (Wildman–Crippen LogP) is 1.39. The van der Waals surface area contributed by atoms with E-state index in [4.69, 9.17) is 4.52 Å². The summed E-state index contributed by atoms with van der Waals surface area (Å²) in [6.45, 7) is 3.62. The maximum Gasteiger partial charge on any atom is 0.228 e. The van der Waals surface area contributed by atoms with Crippen LogP contribution in [0, 0.1) is 12.8 Å². The number of thioether (sulfide) groups is 1. The van der Waals surface area contributed by atoms with E-state index in [1.807, 2.05) is 18.7 Å². The van der Waals surface area contributed by atoms with E-state index in [9.17, 15) is 0 Å². The first-order chi connectivity index (χ1) is 8.31. The summed E-state index contributed by atoms with van der Waals surface area (Å²) >= 11 is 1.89. The van der Waals surface area contributed by atoms with Crippen LogP contribution in [0.3, 0.4) is 0 Å². The van der Waals surface area contributed by atoms with Gasteiger partial charge in [0.05, 0.1) is 6.54 Å². The van der Waals surface area contributed by atoms with Gasteiger partial charge in [-0.2, -0.15) is 4.98 Å². The van der Waals surface area contributed by atoms with Crippen LogP contribution in [0.4, 0.5) is 0 Å². The summed E-state index contributed by atoms with van der Waals surface area (Å²) in [4.78, 5) is 8.68. The van der Waals surface area contributed by atoms with Crippen molar-refractivity contribution in [1.82, 2.24) is 15.5 Å². The van der Waals surface area contributed by atoms with Crippen molar-refractivity contribution in [2.24, 2.45) is 10.9 Å². The molecule has 0 aromatic carbocycles. The van der Waals surface area contributed by atoms with Gasteiger partial charge in [-0.05, 0) is 25.7 Å². The van der Waals surface area contributed by atoms with E-state index in [-0.39, 0.29) is 0 Å². The minimum atomic E-state index is 0.692. The van der Waals surface area contributed by atoms with Gasteiger partial charge in [0.1, 0.15) is 0 Å². The van der Waals surface area contributed by atoms with E-state index in [2.05, 4.69) is 20.4 Å². The number of hydrogen-bond acceptors (Lipinski definition) is 6. The van der Waals surface area contributed by atoms with Gasteiger partial charge in [-0.25, -0.2) is 0 Å². The second kappa shape index (κ2) is 4.68. The van der Waals surface area contributed by atoms with Gasteiger partial charge in [0.2, 0.25) is 5.89 Å². The number of aromatic nitrogens is 2. The molecule has 3 rings (SSSR count). The number of rotatable bonds is 4. The van der Waals surface area contributed by atoms with Crippen LogP contribution >= 0.6 is 11.8 Å². The van der Waals surface area contributed by atoms with Crippen LogP contribution in [0.1, 0.15) is 24.6 Å². The molecule has 1 fully saturated rings. The highest BCUT2D eigenvalue weighted by Crippen LogP contribution is 2.41. The molecule has 17 heavy (non-hydrogen) atoms. The Hall–Kier alpha value is -1.04. The molecule has 1 N–H and O–H groups in total. The molecule has 1 saturated carbocycles. The number of hydrogen-bond donors (Lipinski definition) is 1. The summed E-state index contributed by atoms with van der Waals surface area (Å²) in [5.41, 5.74) is 0. The third-order valence-electron chi connectivity index (χ3n) is 3.01. The van der Waals surface area contributed by atoms with Crippen molar-refractivity contribution < 1.29 is 4.52 Å². The van der Waals surface area contributed by atoms with E-state index in [0.29, 0.717) is 11.7 Å². The Balaban J connectivity index is 1.40. The Morgan fingerprint density at radius 2 is 2.35 bits per heavy atom. The quantitative estimate of drug-likeness (QED) is 0.877. The van der Waals surface area contributed by atoms with Gasteiger partial charge in [0.15, 0.2) is 11.0 Å². The van der Waals surface area contributed by atoms with Crippen LogP contribution in [-0.4, -0.2) is 33.6 Å². The van der Waals surface area contributed by atoms with Crippen LogP contribution in [0.5, 0.6) is 0 Å². The maximum absolute atomic E-state index is 5.05. The molecule has 5 nitrogen and oxygen atoms in total. The molecule has 0 amide bonds. The summed E-state index contributed by atoms with van der Waals surface area (Å²) < 4.78 is 5.05. The molecule has 1 aliphatic heterocycles. The number of nitrogens with one attached hydrogen (secondary N) is 1. The van der Waals surface area contributed by atoms with Crippen molar-refractivity contribution in [3.8, 4) is 0 Å². The fraction of sp³-hybridized carbons (Fsp3) is 0.727. The van der Waals surface area contributed by atoms with Crippen LogP contribution < -0.4 is 5.32 Å². The lowest BCUT2D eigenvalue weighted by Gasteiger charge is -2.06. The standard InChI is InChI=1S/C11H16N4OS/c1-7-14-10(16-15-7)4-5-12-11-13-6-9(17-11)8-2-3-8/h8-9H,2-6H2,1H3,(H,12,13). The van der Waals surface area contributed by atoms with Gasteiger partial charge >= 0.3 is 0 Å². The van der Waals surface area contributed by atoms with Crippen molar-refractivity contribution in [2.45, 2.75) is 31.4 Å². The van der Waals surface area contributed by atoms with E-state index < -0.39 is 0 Å². The van der Waals surface area contributed by atoms with Gasteiger partial charge < -0.3 is 9.84 Å². The lowest BCUT2D eigenvalue weighted by molar-refractivity contribution is 0.375. The van der Waals surface area contributed by atoms with Crippen molar-refractivity contribution in [3.63, 3.8) is 0 Å². The summed E-state index contributed by atoms with van der Waals surface area (Å²) in [6.07, 6.45) is 3.54. The van der Waals surface area contributed by atoms with Crippen molar-refractivity contribution in [1.29, 1.82) is 0 Å². The highest BCUT2D eigenvalue weighted by molar-refractivity contribution is 8.14. The Labute approximate surface area is 104 Å². The fourth-order valence-corrected chi connectivity index (χ4v) is 3.15. The molecular weight excluding hydrogens is 236 g/mol. The van der Waals surface area contributed by atoms with Crippen LogP contribution in [-0.2, 0) is 6.42 Å². The fourth-order valence-electron chi connectivity index (χ4n) is 1.92. The summed E-state index contributed by atoms with van der Waals surface area (Å²) in [6, 6.07) is 0. The third kappa shape index (κ3) is 2.80. The van der Waals surface area contributed by atoms with Crippen molar-refractivity contribution in [3.05, 3.63) is 11.7 Å². The Kier molecular flexibility index (Phi) is 3.05. The molecule has 0 spiro atoms. The molecule has 2 aliphatic rings. The van der Waals surface area contributed by atoms with Crippen molar-refractivity contribution >= 4 is 16.9 Å². The van der Waals surface area contributed by atoms with Gasteiger partial charge in [-0.15, -0.1) is 0 Å². The first-order valence-corrected chi connectivity index (χ1v) is 6.93. The van der Waals surface area contributed by atoms with Crippen LogP contribution in [0.15, 0.2) is 9.52 Å². The van der Waals surface area contributed by atoms with E-state index in [1.54, 1.807) is 0 Å². The summed E-state index contributed by atoms with van der Waals surface area (Å²) in [7, 11) is 0. The molecule has 1 atom stereocenters. The summed E-state index contributed by atoms with van der Waals surface area (Å²) in [5.74, 6) is 2.31. The molecule has 1 aliphatic carbocycles. The minimum Gasteiger partial charge on any atom is -0.364 e. The van der Waals surface area contributed by atoms with Crippen LogP contribution in [0.2, 0.25) is 0 Å². The molecule has 6 heteroatoms. The number of aliphatic imine (C=N–C) groups is 1. The normalized spacial score (nSPS) is 23.8. The number of nitrogens with zero attached hydrogens (tertiary/aromatic N) is 3. The minimum absolute atomic E-state index is 0.692. The Morgan fingerprint density at radius 3 is 3.06 bits per heavy atom. The topological polar surface area (TPSA) is 63.3 Å². The van der Waals surface area contributed by atoms with Crippen LogP contribution in [0.25, 0.3) is 0 Å². The van der Waals surface area contributed by atoms with E-state index in [1.165, 1.54) is 12.8 Å². The average molecular weight is 252 g/mol. The van der Waals surface area contributed by atoms with Gasteiger partial charge in [0, 0.05) is 18.2 Å². The Bertz CT molecular complexity index is 427. The zero-order chi connectivity index (χ0) is 11.7. The number of amidine groups is 1. The molecule has 0 bridgehead atoms. The lowest BCUT2D eigenvalue weighted by atomic mass is 10.3. The zero-order valence-electron chi connectivity index (χ0n) is 9.85. The van der Waals surface area contributed by atoms with Crippen molar-refractivity contribution in [2.75, 3.05) is 13.1 Å². The largest absolute Gasteiger partial charge is 0.364 e. The zero-order valence-corrected chi connectivity index (χ0v) is 10.7. The lowest BCUT2D eigenvalue weighted by Crippen LogP contribution is -2.22. The molecule has 2 heterocycles. The van der Waals surface area contributed by atoms with Gasteiger partial charge in [0.25, 0.3) is 0 Å². The van der Waals surface area contributed by atoms with Gasteiger partial charge in [-0.3, -0.25) is 4.99 Å². The highest BCUT2D eigenvalue weighted by atomic mass is 32.2. The smallest absolute Gasteiger partial charge is 0.228 e. The van der Waals surface area contributed by atoms with Gasteiger partial charge in [-0.1, -0.05) is 16.9 Å².